The van der Waals surface area contributed by atoms with Gasteiger partial charge in [-0.05, 0) is 101 Å². The number of carbonyl (C=O) groups excluding carboxylic acids is 2. The van der Waals surface area contributed by atoms with E-state index in [9.17, 15) is 19.8 Å². The first kappa shape index (κ1) is 55.7. The second-order valence-corrected chi connectivity index (χ2v) is 33.4. The fourth-order valence-electron chi connectivity index (χ4n) is 9.30. The molecule has 1 aliphatic carbocycles. The van der Waals surface area contributed by atoms with E-state index in [0.717, 1.165) is 25.1 Å². The molecule has 3 heterocycles. The van der Waals surface area contributed by atoms with E-state index < -0.39 is 52.2 Å². The Morgan fingerprint density at radius 2 is 1.55 bits per heavy atom. The number of hydrogen-bond donors (Lipinski definition) is 2. The third-order valence-electron chi connectivity index (χ3n) is 16.0. The van der Waals surface area contributed by atoms with Crippen LogP contribution in [0.3, 0.4) is 0 Å². The highest BCUT2D eigenvalue weighted by Gasteiger charge is 2.50. The number of hydrogen-bond acceptors (Lipinski definition) is 10. The lowest BCUT2D eigenvalue weighted by Crippen LogP contribution is -2.53. The van der Waals surface area contributed by atoms with Crippen molar-refractivity contribution in [3.05, 3.63) is 36.0 Å². The molecule has 13 heteroatoms. The Balaban J connectivity index is 1.51. The lowest BCUT2D eigenvalue weighted by Gasteiger charge is -2.41. The van der Waals surface area contributed by atoms with Gasteiger partial charge in [-0.1, -0.05) is 112 Å². The van der Waals surface area contributed by atoms with Gasteiger partial charge in [0.25, 0.3) is 0 Å². The van der Waals surface area contributed by atoms with Gasteiger partial charge >= 0.3 is 12.1 Å². The molecule has 11 nitrogen and oxygen atoms in total. The highest BCUT2D eigenvalue weighted by molar-refractivity contribution is 6.74. The van der Waals surface area contributed by atoms with Crippen LogP contribution in [0, 0.1) is 11.8 Å². The van der Waals surface area contributed by atoms with Gasteiger partial charge in [0.05, 0.1) is 30.3 Å². The number of amides is 1. The van der Waals surface area contributed by atoms with Gasteiger partial charge in [0, 0.05) is 56.6 Å². The molecule has 2 saturated heterocycles. The van der Waals surface area contributed by atoms with Crippen molar-refractivity contribution in [2.45, 2.75) is 244 Å². The molecule has 0 aromatic rings. The molecule has 10 unspecified atom stereocenters. The Morgan fingerprint density at radius 3 is 2.12 bits per heavy atom. The molecule has 0 aromatic carbocycles. The second kappa shape index (κ2) is 22.7. The molecule has 0 spiro atoms. The van der Waals surface area contributed by atoms with Crippen LogP contribution in [0.4, 0.5) is 4.79 Å². The van der Waals surface area contributed by atoms with Crippen molar-refractivity contribution in [1.29, 1.82) is 0 Å². The van der Waals surface area contributed by atoms with Crippen molar-refractivity contribution in [2.24, 2.45) is 11.8 Å². The smallest absolute Gasteiger partial charge is 0.410 e. The minimum Gasteiger partial charge on any atom is -0.457 e. The maximum Gasteiger partial charge on any atom is 0.410 e. The highest BCUT2D eigenvalue weighted by atomic mass is 28.4. The van der Waals surface area contributed by atoms with Crippen LogP contribution in [-0.2, 0) is 27.9 Å². The molecule has 10 atom stereocenters. The maximum atomic E-state index is 13.9. The van der Waals surface area contributed by atoms with E-state index in [4.69, 9.17) is 23.1 Å². The van der Waals surface area contributed by atoms with Crippen molar-refractivity contribution in [3.8, 4) is 0 Å². The predicted octanol–water partition coefficient (Wildman–Crippen LogP) is 11.1. The minimum atomic E-state index is -2.33. The average Bonchev–Trinajstić information content (AvgIpc) is 4.01. The second-order valence-electron chi connectivity index (χ2n) is 23.9. The van der Waals surface area contributed by atoms with Crippen LogP contribution < -0.4 is 0 Å². The van der Waals surface area contributed by atoms with Gasteiger partial charge in [-0.25, -0.2) is 4.79 Å². The molecule has 2 N–H and O–H groups in total. The van der Waals surface area contributed by atoms with Crippen LogP contribution in [0.1, 0.15) is 154 Å². The summed E-state index contributed by atoms with van der Waals surface area (Å²) in [6, 6.07) is 0.586. The number of epoxide rings is 1. The summed E-state index contributed by atoms with van der Waals surface area (Å²) in [6.45, 7) is 36.8. The van der Waals surface area contributed by atoms with Gasteiger partial charge in [0.2, 0.25) is 0 Å². The third kappa shape index (κ3) is 16.1. The van der Waals surface area contributed by atoms with E-state index in [1.165, 1.54) is 38.5 Å². The summed E-state index contributed by atoms with van der Waals surface area (Å²) in [5.74, 6) is -0.509. The summed E-state index contributed by atoms with van der Waals surface area (Å²) in [4.78, 5) is 32.1. The predicted molar refractivity (Wildman–Crippen MR) is 268 cm³/mol. The number of nitrogens with zero attached hydrogens (tertiary/aromatic N) is 2. The zero-order chi connectivity index (χ0) is 48.8. The van der Waals surface area contributed by atoms with Crippen LogP contribution in [0.25, 0.3) is 0 Å². The van der Waals surface area contributed by atoms with Crippen LogP contribution in [0.2, 0.25) is 36.3 Å². The molecule has 0 radical (unpaired) electrons. The van der Waals surface area contributed by atoms with Crippen molar-refractivity contribution in [3.63, 3.8) is 0 Å². The first-order chi connectivity index (χ1) is 30.0. The fraction of sp³-hybridized carbons (Fsp3) is 0.846. The monoisotopic (exact) mass is 947 g/mol. The first-order valence-electron chi connectivity index (χ1n) is 25.4. The molecule has 3 fully saturated rings. The van der Waals surface area contributed by atoms with Crippen LogP contribution >= 0.6 is 0 Å². The molecule has 4 rings (SSSR count). The SMILES string of the molecule is CCC(O[Si](C)(C)C(C)(C)C)C(C)C1OC1CC(C)(O)C=CC=C(C)C1OC(=O)CC(O[Si](C)(C)C(C)(C)C)CCC(C)(O)C(OC(=O)N2CCN(C3CCCCCC3)CC2)C=CC1C. The average molecular weight is 948 g/mol. The number of cyclic esters (lactones) is 1. The molecule has 0 aromatic heterocycles. The largest absolute Gasteiger partial charge is 0.457 e. The number of ether oxygens (including phenoxy) is 3. The first-order valence-corrected chi connectivity index (χ1v) is 31.2. The van der Waals surface area contributed by atoms with Crippen molar-refractivity contribution >= 4 is 28.7 Å². The molecular weight excluding hydrogens is 853 g/mol. The molecule has 0 bridgehead atoms. The lowest BCUT2D eigenvalue weighted by atomic mass is 9.88. The van der Waals surface area contributed by atoms with E-state index >= 15 is 0 Å². The normalized spacial score (nSPS) is 31.0. The summed E-state index contributed by atoms with van der Waals surface area (Å²) in [7, 11) is -4.29. The minimum absolute atomic E-state index is 0.0274. The molecule has 4 aliphatic rings. The van der Waals surface area contributed by atoms with Gasteiger partial charge in [-0.2, -0.15) is 0 Å². The van der Waals surface area contributed by atoms with E-state index in [1.807, 2.05) is 32.1 Å². The number of aliphatic hydroxyl groups is 2. The molecular formula is C52H94N2O9Si2. The Morgan fingerprint density at radius 1 is 0.954 bits per heavy atom. The molecule has 65 heavy (non-hydrogen) atoms. The van der Waals surface area contributed by atoms with Crippen molar-refractivity contribution < 1.29 is 42.9 Å². The van der Waals surface area contributed by atoms with Crippen molar-refractivity contribution in [2.75, 3.05) is 26.2 Å². The summed E-state index contributed by atoms with van der Waals surface area (Å²) in [5, 5.41) is 23.7. The summed E-state index contributed by atoms with van der Waals surface area (Å²) in [6.07, 6.45) is 16.4. The molecule has 1 saturated carbocycles. The van der Waals surface area contributed by atoms with E-state index in [2.05, 4.69) is 86.5 Å². The standard InChI is InChI=1S/C52H94N2O9Si2/c1-17-42(63-65(15,16)50(8,9)10)39(4)47-43(59-47)36-51(11,57)29-22-23-37(2)46-38(3)26-27-44(60-48(56)54-33-31-53(32-34-54)40-24-20-18-19-21-25-40)52(12,58)30-28-41(35-45(55)61-46)62-64(13,14)49(5,6)7/h22-23,26-27,29,38-44,46-47,57-58H,17-21,24-25,28,30-36H2,1-16H3. The molecule has 3 aliphatic heterocycles. The number of esters is 1. The summed E-state index contributed by atoms with van der Waals surface area (Å²) >= 11 is 0. The number of allylic oxidation sites excluding steroid dienone is 2. The van der Waals surface area contributed by atoms with Crippen molar-refractivity contribution in [1.82, 2.24) is 9.80 Å². The summed E-state index contributed by atoms with van der Waals surface area (Å²) < 4.78 is 32.4. The number of rotatable bonds is 14. The fourth-order valence-corrected chi connectivity index (χ4v) is 12.2. The number of piperazine rings is 1. The van der Waals surface area contributed by atoms with Gasteiger partial charge < -0.3 is 38.2 Å². The van der Waals surface area contributed by atoms with Gasteiger partial charge in [0.1, 0.15) is 11.7 Å². The highest BCUT2D eigenvalue weighted by Crippen LogP contribution is 2.43. The molecule has 1 amide bonds. The zero-order valence-electron chi connectivity index (χ0n) is 43.8. The van der Waals surface area contributed by atoms with Crippen LogP contribution in [0.15, 0.2) is 36.0 Å². The topological polar surface area (TPSA) is 131 Å². The maximum absolute atomic E-state index is 13.9. The van der Waals surface area contributed by atoms with Gasteiger partial charge in [-0.15, -0.1) is 0 Å². The summed E-state index contributed by atoms with van der Waals surface area (Å²) in [5.41, 5.74) is -1.78. The Kier molecular flexibility index (Phi) is 19.5. The zero-order valence-corrected chi connectivity index (χ0v) is 45.8. The lowest BCUT2D eigenvalue weighted by molar-refractivity contribution is -0.151. The van der Waals surface area contributed by atoms with E-state index in [0.29, 0.717) is 32.0 Å². The van der Waals surface area contributed by atoms with E-state index in [1.54, 1.807) is 30.9 Å². The Hall–Kier alpha value is -1.85. The number of carbonyl (C=O) groups is 2. The quantitative estimate of drug-likeness (QED) is 0.0433. The third-order valence-corrected chi connectivity index (χ3v) is 25.0. The van der Waals surface area contributed by atoms with Crippen LogP contribution in [0.5, 0.6) is 0 Å². The van der Waals surface area contributed by atoms with Gasteiger partial charge in [-0.3, -0.25) is 9.69 Å². The van der Waals surface area contributed by atoms with Crippen LogP contribution in [-0.4, -0.2) is 129 Å². The Labute approximate surface area is 397 Å². The van der Waals surface area contributed by atoms with E-state index in [-0.39, 0.29) is 59.0 Å². The Bertz CT molecular complexity index is 1630. The van der Waals surface area contributed by atoms with Gasteiger partial charge in [0.15, 0.2) is 22.7 Å². The molecule has 374 valence electrons.